The second kappa shape index (κ2) is 4.56. The zero-order valence-corrected chi connectivity index (χ0v) is 7.62. The highest BCUT2D eigenvalue weighted by Crippen LogP contribution is 2.28. The van der Waals surface area contributed by atoms with E-state index in [4.69, 9.17) is 5.73 Å². The molecule has 0 aromatic carbocycles. The van der Waals surface area contributed by atoms with Crippen LogP contribution in [0, 0.1) is 5.82 Å². The molecule has 1 heterocycles. The van der Waals surface area contributed by atoms with Crippen molar-refractivity contribution in [2.75, 3.05) is 0 Å². The van der Waals surface area contributed by atoms with E-state index in [9.17, 15) is 17.6 Å². The van der Waals surface area contributed by atoms with Gasteiger partial charge in [0.2, 0.25) is 0 Å². The summed E-state index contributed by atoms with van der Waals surface area (Å²) in [5, 5.41) is 0. The van der Waals surface area contributed by atoms with E-state index in [-0.39, 0.29) is 24.5 Å². The first kappa shape index (κ1) is 13.1. The van der Waals surface area contributed by atoms with Crippen molar-refractivity contribution in [2.45, 2.75) is 12.7 Å². The van der Waals surface area contributed by atoms with Crippen LogP contribution >= 0.6 is 12.4 Å². The van der Waals surface area contributed by atoms with E-state index in [0.29, 0.717) is 12.3 Å². The lowest BCUT2D eigenvalue weighted by atomic mass is 10.2. The summed E-state index contributed by atoms with van der Waals surface area (Å²) in [6, 6.07) is 0.606. The van der Waals surface area contributed by atoms with E-state index in [1.807, 2.05) is 0 Å². The van der Waals surface area contributed by atoms with Gasteiger partial charge in [0.05, 0.1) is 6.20 Å². The Labute approximate surface area is 83.5 Å². The van der Waals surface area contributed by atoms with E-state index in [1.165, 1.54) is 0 Å². The van der Waals surface area contributed by atoms with Crippen molar-refractivity contribution in [1.82, 2.24) is 4.98 Å². The minimum atomic E-state index is -4.56. The Morgan fingerprint density at radius 3 is 2.36 bits per heavy atom. The fourth-order valence-electron chi connectivity index (χ4n) is 0.792. The average Bonchev–Trinajstić information content (AvgIpc) is 2.03. The van der Waals surface area contributed by atoms with E-state index < -0.39 is 17.7 Å². The molecular weight excluding hydrogens is 224 g/mol. The van der Waals surface area contributed by atoms with Gasteiger partial charge in [0, 0.05) is 12.1 Å². The van der Waals surface area contributed by atoms with Crippen LogP contribution < -0.4 is 5.73 Å². The summed E-state index contributed by atoms with van der Waals surface area (Å²) in [6.07, 6.45) is -4.04. The number of nitrogens with zero attached hydrogens (tertiary/aromatic N) is 1. The average molecular weight is 231 g/mol. The van der Waals surface area contributed by atoms with E-state index in [1.54, 1.807) is 0 Å². The highest BCUT2D eigenvalue weighted by atomic mass is 35.5. The van der Waals surface area contributed by atoms with Crippen LogP contribution in [0.3, 0.4) is 0 Å². The number of pyridine rings is 1. The van der Waals surface area contributed by atoms with Crippen molar-refractivity contribution in [2.24, 2.45) is 5.73 Å². The summed E-state index contributed by atoms with van der Waals surface area (Å²) in [5.41, 5.74) is 3.71. The van der Waals surface area contributed by atoms with Gasteiger partial charge >= 0.3 is 6.18 Å². The molecule has 80 valence electrons. The zero-order chi connectivity index (χ0) is 10.1. The molecular formula is C7H7ClF4N2. The highest BCUT2D eigenvalue weighted by molar-refractivity contribution is 5.85. The van der Waals surface area contributed by atoms with Crippen molar-refractivity contribution < 1.29 is 17.6 Å². The molecule has 0 spiro atoms. The second-order valence-corrected chi connectivity index (χ2v) is 2.36. The molecule has 0 aliphatic rings. The van der Waals surface area contributed by atoms with Crippen molar-refractivity contribution in [3.8, 4) is 0 Å². The Balaban J connectivity index is 0.00000169. The molecule has 0 radical (unpaired) electrons. The standard InChI is InChI=1S/C7H6F4N2.ClH/c8-5-3-13-6(7(9,10)11)1-4(5)2-12;/h1,3H,2,12H2;1H. The van der Waals surface area contributed by atoms with Crippen molar-refractivity contribution in [3.63, 3.8) is 0 Å². The summed E-state index contributed by atoms with van der Waals surface area (Å²) in [5.74, 6) is -0.824. The first-order valence-corrected chi connectivity index (χ1v) is 3.37. The molecule has 0 aliphatic carbocycles. The molecule has 2 nitrogen and oxygen atoms in total. The van der Waals surface area contributed by atoms with Crippen LogP contribution in [0.2, 0.25) is 0 Å². The van der Waals surface area contributed by atoms with Gasteiger partial charge in [0.1, 0.15) is 11.5 Å². The molecule has 1 rings (SSSR count). The predicted octanol–water partition coefficient (Wildman–Crippen LogP) is 2.12. The van der Waals surface area contributed by atoms with E-state index in [2.05, 4.69) is 4.98 Å². The lowest BCUT2D eigenvalue weighted by Gasteiger charge is -2.06. The maximum Gasteiger partial charge on any atom is 0.433 e. The van der Waals surface area contributed by atoms with Crippen LogP contribution in [-0.2, 0) is 12.7 Å². The molecule has 0 aliphatic heterocycles. The molecule has 0 saturated heterocycles. The minimum absolute atomic E-state index is 0. The Bertz CT molecular complexity index is 313. The molecule has 0 amide bonds. The first-order chi connectivity index (χ1) is 5.95. The molecule has 14 heavy (non-hydrogen) atoms. The van der Waals surface area contributed by atoms with Crippen LogP contribution in [0.5, 0.6) is 0 Å². The molecule has 0 saturated carbocycles. The van der Waals surface area contributed by atoms with Gasteiger partial charge in [-0.1, -0.05) is 0 Å². The van der Waals surface area contributed by atoms with Crippen molar-refractivity contribution in [3.05, 3.63) is 29.3 Å². The molecule has 1 aromatic heterocycles. The molecule has 7 heteroatoms. The number of halogens is 5. The van der Waals surface area contributed by atoms with E-state index >= 15 is 0 Å². The summed E-state index contributed by atoms with van der Waals surface area (Å²) in [6.45, 7) is -0.280. The molecule has 0 fully saturated rings. The Kier molecular flexibility index (Phi) is 4.28. The third-order valence-corrected chi connectivity index (χ3v) is 1.45. The van der Waals surface area contributed by atoms with Crippen LogP contribution in [0.15, 0.2) is 12.3 Å². The Morgan fingerprint density at radius 1 is 1.36 bits per heavy atom. The molecule has 0 bridgehead atoms. The fourth-order valence-corrected chi connectivity index (χ4v) is 0.792. The molecule has 0 atom stereocenters. The maximum atomic E-state index is 12.6. The summed E-state index contributed by atoms with van der Waals surface area (Å²) in [7, 11) is 0. The number of alkyl halides is 3. The van der Waals surface area contributed by atoms with Crippen molar-refractivity contribution >= 4 is 12.4 Å². The SMILES string of the molecule is Cl.NCc1cc(C(F)(F)F)ncc1F. The molecule has 0 unspecified atom stereocenters. The molecule has 1 aromatic rings. The smallest absolute Gasteiger partial charge is 0.326 e. The fraction of sp³-hybridized carbons (Fsp3) is 0.286. The second-order valence-electron chi connectivity index (χ2n) is 2.36. The normalized spacial score (nSPS) is 10.9. The number of hydrogen-bond donors (Lipinski definition) is 1. The lowest BCUT2D eigenvalue weighted by Crippen LogP contribution is -2.11. The highest BCUT2D eigenvalue weighted by Gasteiger charge is 2.32. The van der Waals surface area contributed by atoms with Gasteiger partial charge in [-0.05, 0) is 6.07 Å². The molecule has 2 N–H and O–H groups in total. The Morgan fingerprint density at radius 2 is 1.93 bits per heavy atom. The van der Waals surface area contributed by atoms with Crippen LogP contribution in [0.25, 0.3) is 0 Å². The van der Waals surface area contributed by atoms with Gasteiger partial charge in [-0.2, -0.15) is 13.2 Å². The summed E-state index contributed by atoms with van der Waals surface area (Å²) in [4.78, 5) is 2.90. The van der Waals surface area contributed by atoms with Crippen LogP contribution in [0.1, 0.15) is 11.3 Å². The van der Waals surface area contributed by atoms with Gasteiger partial charge in [0.25, 0.3) is 0 Å². The minimum Gasteiger partial charge on any atom is -0.326 e. The van der Waals surface area contributed by atoms with Crippen LogP contribution in [-0.4, -0.2) is 4.98 Å². The third kappa shape index (κ3) is 2.81. The Hall–Kier alpha value is -0.880. The van der Waals surface area contributed by atoms with Gasteiger partial charge in [-0.25, -0.2) is 9.37 Å². The monoisotopic (exact) mass is 230 g/mol. The number of hydrogen-bond acceptors (Lipinski definition) is 2. The largest absolute Gasteiger partial charge is 0.433 e. The van der Waals surface area contributed by atoms with Gasteiger partial charge in [-0.15, -0.1) is 12.4 Å². The first-order valence-electron chi connectivity index (χ1n) is 3.37. The van der Waals surface area contributed by atoms with Gasteiger partial charge < -0.3 is 5.73 Å². The topological polar surface area (TPSA) is 38.9 Å². The van der Waals surface area contributed by atoms with Crippen LogP contribution in [0.4, 0.5) is 17.6 Å². The zero-order valence-electron chi connectivity index (χ0n) is 6.81. The maximum absolute atomic E-state index is 12.6. The summed E-state index contributed by atoms with van der Waals surface area (Å²) >= 11 is 0. The predicted molar refractivity (Wildman–Crippen MR) is 44.3 cm³/mol. The van der Waals surface area contributed by atoms with E-state index in [0.717, 1.165) is 0 Å². The number of rotatable bonds is 1. The number of nitrogens with two attached hydrogens (primary N) is 1. The van der Waals surface area contributed by atoms with Gasteiger partial charge in [-0.3, -0.25) is 0 Å². The summed E-state index contributed by atoms with van der Waals surface area (Å²) < 4.78 is 48.7. The van der Waals surface area contributed by atoms with Gasteiger partial charge in [0.15, 0.2) is 0 Å². The quantitative estimate of drug-likeness (QED) is 0.751. The van der Waals surface area contributed by atoms with Crippen molar-refractivity contribution in [1.29, 1.82) is 0 Å². The number of aromatic nitrogens is 1. The third-order valence-electron chi connectivity index (χ3n) is 1.45. The lowest BCUT2D eigenvalue weighted by molar-refractivity contribution is -0.141.